The minimum absolute atomic E-state index is 0.00515. The molecule has 1 aliphatic rings. The Labute approximate surface area is 102 Å². The van der Waals surface area contributed by atoms with Gasteiger partial charge in [-0.1, -0.05) is 0 Å². The minimum atomic E-state index is -0.328. The zero-order chi connectivity index (χ0) is 12.2. The zero-order valence-corrected chi connectivity index (χ0v) is 11.0. The third-order valence-corrected chi connectivity index (χ3v) is 2.55. The van der Waals surface area contributed by atoms with Crippen LogP contribution in [0.3, 0.4) is 0 Å². The molecule has 16 heavy (non-hydrogen) atoms. The molecule has 1 heterocycles. The summed E-state index contributed by atoms with van der Waals surface area (Å²) in [6.07, 6.45) is 0.574. The van der Waals surface area contributed by atoms with Gasteiger partial charge in [-0.2, -0.15) is 0 Å². The van der Waals surface area contributed by atoms with E-state index in [9.17, 15) is 4.79 Å². The maximum Gasteiger partial charge on any atom is 0.407 e. The Balaban J connectivity index is 2.26. The van der Waals surface area contributed by atoms with Crippen molar-refractivity contribution in [2.75, 3.05) is 25.5 Å². The smallest absolute Gasteiger partial charge is 0.407 e. The number of ether oxygens (including phenoxy) is 1. The molecule has 0 aromatic rings. The average Bonchev–Trinajstić information content (AvgIpc) is 2.49. The van der Waals surface area contributed by atoms with Crippen LogP contribution in [-0.4, -0.2) is 48.2 Å². The molecule has 0 aromatic carbocycles. The molecule has 1 rings (SSSR count). The zero-order valence-electron chi connectivity index (χ0n) is 10.3. The quantitative estimate of drug-likeness (QED) is 0.775. The SMILES string of the molecule is CC(C)(C)NC(=O)O[C@H]1CCN(CCCl)C1. The van der Waals surface area contributed by atoms with E-state index >= 15 is 0 Å². The van der Waals surface area contributed by atoms with Gasteiger partial charge in [0, 0.05) is 31.1 Å². The van der Waals surface area contributed by atoms with Crippen LogP contribution in [-0.2, 0) is 4.74 Å². The van der Waals surface area contributed by atoms with Crippen LogP contribution >= 0.6 is 11.6 Å². The maximum absolute atomic E-state index is 11.5. The van der Waals surface area contributed by atoms with Crippen LogP contribution in [0.1, 0.15) is 27.2 Å². The van der Waals surface area contributed by atoms with Crippen LogP contribution in [0.4, 0.5) is 4.79 Å². The molecule has 5 heteroatoms. The molecular formula is C11H21ClN2O2. The van der Waals surface area contributed by atoms with E-state index in [-0.39, 0.29) is 17.7 Å². The van der Waals surface area contributed by atoms with Crippen molar-refractivity contribution in [3.05, 3.63) is 0 Å². The number of carbonyl (C=O) groups excluding carboxylic acids is 1. The summed E-state index contributed by atoms with van der Waals surface area (Å²) in [7, 11) is 0. The van der Waals surface area contributed by atoms with Crippen molar-refractivity contribution in [2.45, 2.75) is 38.8 Å². The molecule has 0 radical (unpaired) electrons. The first kappa shape index (κ1) is 13.6. The predicted molar refractivity (Wildman–Crippen MR) is 64.9 cm³/mol. The van der Waals surface area contributed by atoms with Crippen molar-refractivity contribution >= 4 is 17.7 Å². The van der Waals surface area contributed by atoms with Gasteiger partial charge >= 0.3 is 6.09 Å². The van der Waals surface area contributed by atoms with Crippen molar-refractivity contribution in [3.8, 4) is 0 Å². The van der Waals surface area contributed by atoms with E-state index in [0.717, 1.165) is 26.1 Å². The first-order valence-electron chi connectivity index (χ1n) is 5.68. The molecule has 0 unspecified atom stereocenters. The van der Waals surface area contributed by atoms with Crippen molar-refractivity contribution < 1.29 is 9.53 Å². The van der Waals surface area contributed by atoms with Gasteiger partial charge in [-0.05, 0) is 27.2 Å². The second-order valence-electron chi connectivity index (χ2n) is 5.18. The lowest BCUT2D eigenvalue weighted by molar-refractivity contribution is 0.0946. The summed E-state index contributed by atoms with van der Waals surface area (Å²) in [5.74, 6) is 0.626. The molecule has 1 N–H and O–H groups in total. The molecule has 0 aliphatic carbocycles. The molecule has 94 valence electrons. The van der Waals surface area contributed by atoms with Crippen LogP contribution in [0, 0.1) is 0 Å². The molecule has 0 saturated carbocycles. The van der Waals surface area contributed by atoms with Crippen molar-refractivity contribution in [1.29, 1.82) is 0 Å². The topological polar surface area (TPSA) is 41.6 Å². The third-order valence-electron chi connectivity index (χ3n) is 2.38. The van der Waals surface area contributed by atoms with E-state index in [0.29, 0.717) is 5.88 Å². The normalized spacial score (nSPS) is 22.1. The average molecular weight is 249 g/mol. The molecule has 1 aliphatic heterocycles. The van der Waals surface area contributed by atoms with Gasteiger partial charge in [-0.3, -0.25) is 4.90 Å². The van der Waals surface area contributed by atoms with Crippen LogP contribution in [0.2, 0.25) is 0 Å². The fourth-order valence-corrected chi connectivity index (χ4v) is 1.94. The molecule has 4 nitrogen and oxygen atoms in total. The Hall–Kier alpha value is -0.480. The van der Waals surface area contributed by atoms with E-state index in [2.05, 4.69) is 10.2 Å². The lowest BCUT2D eigenvalue weighted by Gasteiger charge is -2.22. The van der Waals surface area contributed by atoms with Crippen molar-refractivity contribution in [3.63, 3.8) is 0 Å². The summed E-state index contributed by atoms with van der Waals surface area (Å²) in [5.41, 5.74) is -0.245. The van der Waals surface area contributed by atoms with Gasteiger partial charge in [0.25, 0.3) is 0 Å². The van der Waals surface area contributed by atoms with Crippen molar-refractivity contribution in [2.24, 2.45) is 0 Å². The molecule has 1 atom stereocenters. The number of alkyl carbamates (subject to hydrolysis) is 1. The fraction of sp³-hybridized carbons (Fsp3) is 0.909. The van der Waals surface area contributed by atoms with Gasteiger partial charge < -0.3 is 10.1 Å². The Morgan fingerprint density at radius 2 is 2.25 bits per heavy atom. The molecule has 0 aromatic heterocycles. The number of nitrogens with one attached hydrogen (secondary N) is 1. The summed E-state index contributed by atoms with van der Waals surface area (Å²) in [4.78, 5) is 13.7. The van der Waals surface area contributed by atoms with Crippen LogP contribution < -0.4 is 5.32 Å². The van der Waals surface area contributed by atoms with E-state index in [1.54, 1.807) is 0 Å². The number of rotatable bonds is 3. The third kappa shape index (κ3) is 5.03. The molecule has 0 bridgehead atoms. The molecule has 0 spiro atoms. The Bertz CT molecular complexity index is 241. The molecule has 1 fully saturated rings. The van der Waals surface area contributed by atoms with Gasteiger partial charge in [0.15, 0.2) is 0 Å². The monoisotopic (exact) mass is 248 g/mol. The number of hydrogen-bond donors (Lipinski definition) is 1. The standard InChI is InChI=1S/C11H21ClN2O2/c1-11(2,3)13-10(15)16-9-4-6-14(8-9)7-5-12/h9H,4-8H2,1-3H3,(H,13,15)/t9-/m0/s1. The first-order valence-corrected chi connectivity index (χ1v) is 6.21. The van der Waals surface area contributed by atoms with Crippen LogP contribution in [0.25, 0.3) is 0 Å². The highest BCUT2D eigenvalue weighted by Gasteiger charge is 2.26. The maximum atomic E-state index is 11.5. The van der Waals surface area contributed by atoms with E-state index in [1.807, 2.05) is 20.8 Å². The van der Waals surface area contributed by atoms with E-state index in [4.69, 9.17) is 16.3 Å². The van der Waals surface area contributed by atoms with E-state index in [1.165, 1.54) is 0 Å². The van der Waals surface area contributed by atoms with E-state index < -0.39 is 0 Å². The summed E-state index contributed by atoms with van der Waals surface area (Å²) < 4.78 is 5.33. The van der Waals surface area contributed by atoms with Gasteiger partial charge in [-0.15, -0.1) is 11.6 Å². The summed E-state index contributed by atoms with van der Waals surface area (Å²) in [6.45, 7) is 8.42. The number of likely N-dealkylation sites (tertiary alicyclic amines) is 1. The number of carbonyl (C=O) groups is 1. The van der Waals surface area contributed by atoms with Gasteiger partial charge in [0.05, 0.1) is 0 Å². The highest BCUT2D eigenvalue weighted by molar-refractivity contribution is 6.18. The van der Waals surface area contributed by atoms with Gasteiger partial charge in [0.1, 0.15) is 6.10 Å². The number of hydrogen-bond acceptors (Lipinski definition) is 3. The van der Waals surface area contributed by atoms with Gasteiger partial charge in [0.2, 0.25) is 0 Å². The highest BCUT2D eigenvalue weighted by atomic mass is 35.5. The Morgan fingerprint density at radius 3 is 2.81 bits per heavy atom. The van der Waals surface area contributed by atoms with Crippen LogP contribution in [0.15, 0.2) is 0 Å². The lowest BCUT2D eigenvalue weighted by Crippen LogP contribution is -2.42. The Morgan fingerprint density at radius 1 is 1.56 bits per heavy atom. The second kappa shape index (κ2) is 5.73. The predicted octanol–water partition coefficient (Wildman–Crippen LogP) is 1.82. The minimum Gasteiger partial charge on any atom is -0.445 e. The second-order valence-corrected chi connectivity index (χ2v) is 5.56. The Kier molecular flexibility index (Phi) is 4.87. The van der Waals surface area contributed by atoms with Crippen molar-refractivity contribution in [1.82, 2.24) is 10.2 Å². The lowest BCUT2D eigenvalue weighted by atomic mass is 10.1. The molecule has 1 amide bonds. The summed E-state index contributed by atoms with van der Waals surface area (Å²) >= 11 is 5.66. The fourth-order valence-electron chi connectivity index (χ4n) is 1.70. The molecular weight excluding hydrogens is 228 g/mol. The summed E-state index contributed by atoms with van der Waals surface area (Å²) in [5, 5.41) is 2.79. The summed E-state index contributed by atoms with van der Waals surface area (Å²) in [6, 6.07) is 0. The number of alkyl halides is 1. The highest BCUT2D eigenvalue weighted by Crippen LogP contribution is 2.13. The number of amides is 1. The largest absolute Gasteiger partial charge is 0.445 e. The number of halogens is 1. The number of nitrogens with zero attached hydrogens (tertiary/aromatic N) is 1. The molecule has 1 saturated heterocycles. The first-order chi connectivity index (χ1) is 7.40. The van der Waals surface area contributed by atoms with Crippen LogP contribution in [0.5, 0.6) is 0 Å². The van der Waals surface area contributed by atoms with Gasteiger partial charge in [-0.25, -0.2) is 4.79 Å².